The van der Waals surface area contributed by atoms with E-state index in [0.29, 0.717) is 17.9 Å². The van der Waals surface area contributed by atoms with Crippen molar-refractivity contribution in [1.29, 1.82) is 0 Å². The van der Waals surface area contributed by atoms with Crippen molar-refractivity contribution >= 4 is 7.85 Å². The van der Waals surface area contributed by atoms with Crippen LogP contribution in [0.15, 0.2) is 18.2 Å². The van der Waals surface area contributed by atoms with Crippen molar-refractivity contribution in [3.63, 3.8) is 0 Å². The van der Waals surface area contributed by atoms with Crippen molar-refractivity contribution in [3.8, 4) is 5.75 Å². The fraction of sp³-hybridized carbons (Fsp3) is 0.500. The Bertz CT molecular complexity index is 351. The molecular formula is C12H14BFO2. The molecule has 1 aromatic rings. The van der Waals surface area contributed by atoms with E-state index in [4.69, 9.17) is 17.3 Å². The zero-order valence-electron chi connectivity index (χ0n) is 9.12. The number of ether oxygens (including phenoxy) is 2. The third kappa shape index (κ3) is 2.76. The summed E-state index contributed by atoms with van der Waals surface area (Å²) in [5.74, 6) is 0.220. The number of benzene rings is 1. The van der Waals surface area contributed by atoms with Crippen LogP contribution in [0.1, 0.15) is 18.4 Å². The molecule has 1 fully saturated rings. The molecule has 1 aliphatic rings. The van der Waals surface area contributed by atoms with Crippen LogP contribution < -0.4 is 4.74 Å². The second-order valence-electron chi connectivity index (χ2n) is 3.90. The van der Waals surface area contributed by atoms with Crippen LogP contribution in [0.3, 0.4) is 0 Å². The van der Waals surface area contributed by atoms with Crippen molar-refractivity contribution in [1.82, 2.24) is 0 Å². The van der Waals surface area contributed by atoms with E-state index in [9.17, 15) is 4.39 Å². The summed E-state index contributed by atoms with van der Waals surface area (Å²) in [5, 5.41) is 0. The summed E-state index contributed by atoms with van der Waals surface area (Å²) in [6, 6.07) is 4.76. The van der Waals surface area contributed by atoms with Crippen LogP contribution in [0.25, 0.3) is 0 Å². The van der Waals surface area contributed by atoms with E-state index in [1.165, 1.54) is 6.07 Å². The van der Waals surface area contributed by atoms with Crippen molar-refractivity contribution in [2.24, 2.45) is 0 Å². The maximum Gasteiger partial charge on any atom is 0.129 e. The van der Waals surface area contributed by atoms with E-state index >= 15 is 0 Å². The highest BCUT2D eigenvalue weighted by Crippen LogP contribution is 2.19. The van der Waals surface area contributed by atoms with Gasteiger partial charge in [-0.3, -0.25) is 0 Å². The van der Waals surface area contributed by atoms with Gasteiger partial charge in [0.2, 0.25) is 0 Å². The molecule has 84 valence electrons. The second-order valence-corrected chi connectivity index (χ2v) is 3.90. The SMILES string of the molecule is [B]Cc1ccc(OCC2CCCO2)cc1F. The standard InChI is InChI=1S/C12H14BFO2/c13-7-9-3-4-10(6-12(9)14)16-8-11-2-1-5-15-11/h3-4,6,11H,1-2,5,7-8H2. The monoisotopic (exact) mass is 220 g/mol. The van der Waals surface area contributed by atoms with Crippen LogP contribution in [0.4, 0.5) is 4.39 Å². The summed E-state index contributed by atoms with van der Waals surface area (Å²) in [5.41, 5.74) is 0.504. The predicted molar refractivity (Wildman–Crippen MR) is 60.3 cm³/mol. The maximum absolute atomic E-state index is 13.4. The average molecular weight is 220 g/mol. The Hall–Kier alpha value is -1.03. The minimum absolute atomic E-state index is 0.150. The molecule has 2 nitrogen and oxygen atoms in total. The van der Waals surface area contributed by atoms with Crippen LogP contribution in [0, 0.1) is 5.82 Å². The van der Waals surface area contributed by atoms with Crippen molar-refractivity contribution in [3.05, 3.63) is 29.6 Å². The highest BCUT2D eigenvalue weighted by Gasteiger charge is 2.16. The molecule has 0 spiro atoms. The Balaban J connectivity index is 1.91. The molecule has 1 saturated heterocycles. The average Bonchev–Trinajstić information content (AvgIpc) is 2.79. The quantitative estimate of drug-likeness (QED) is 0.723. The third-order valence-corrected chi connectivity index (χ3v) is 2.70. The van der Waals surface area contributed by atoms with Crippen LogP contribution in [-0.4, -0.2) is 27.2 Å². The summed E-state index contributed by atoms with van der Waals surface area (Å²) >= 11 is 0. The van der Waals surface area contributed by atoms with Gasteiger partial charge in [-0.05, 0) is 24.5 Å². The predicted octanol–water partition coefficient (Wildman–Crippen LogP) is 2.05. The lowest BCUT2D eigenvalue weighted by Crippen LogP contribution is -2.16. The largest absolute Gasteiger partial charge is 0.491 e. The Morgan fingerprint density at radius 1 is 1.50 bits per heavy atom. The zero-order chi connectivity index (χ0) is 11.4. The first-order chi connectivity index (χ1) is 7.79. The molecule has 0 saturated carbocycles. The van der Waals surface area contributed by atoms with Crippen molar-refractivity contribution in [2.75, 3.05) is 13.2 Å². The van der Waals surface area contributed by atoms with E-state index in [1.54, 1.807) is 12.1 Å². The maximum atomic E-state index is 13.4. The molecule has 2 radical (unpaired) electrons. The van der Waals surface area contributed by atoms with Crippen LogP contribution in [0.5, 0.6) is 5.75 Å². The number of rotatable bonds is 4. The molecule has 1 aliphatic heterocycles. The van der Waals surface area contributed by atoms with Crippen LogP contribution in [0.2, 0.25) is 0 Å². The van der Waals surface area contributed by atoms with Gasteiger partial charge in [0.05, 0.1) is 14.0 Å². The first-order valence-corrected chi connectivity index (χ1v) is 5.52. The molecule has 0 amide bonds. The summed E-state index contributed by atoms with van der Waals surface area (Å²) < 4.78 is 24.2. The molecule has 1 aromatic carbocycles. The van der Waals surface area contributed by atoms with Crippen LogP contribution >= 0.6 is 0 Å². The third-order valence-electron chi connectivity index (χ3n) is 2.70. The molecule has 16 heavy (non-hydrogen) atoms. The molecule has 0 bridgehead atoms. The fourth-order valence-electron chi connectivity index (χ4n) is 1.75. The summed E-state index contributed by atoms with van der Waals surface area (Å²) in [7, 11) is 5.37. The van der Waals surface area contributed by atoms with E-state index in [1.807, 2.05) is 0 Å². The van der Waals surface area contributed by atoms with Gasteiger partial charge in [-0.1, -0.05) is 12.4 Å². The van der Waals surface area contributed by atoms with Crippen LogP contribution in [-0.2, 0) is 11.1 Å². The summed E-state index contributed by atoms with van der Waals surface area (Å²) in [6.07, 6.45) is 2.45. The smallest absolute Gasteiger partial charge is 0.129 e. The zero-order valence-corrected chi connectivity index (χ0v) is 9.12. The van der Waals surface area contributed by atoms with Crippen molar-refractivity contribution < 1.29 is 13.9 Å². The molecule has 0 aliphatic carbocycles. The number of hydrogen-bond acceptors (Lipinski definition) is 2. The molecule has 1 unspecified atom stereocenters. The summed E-state index contributed by atoms with van der Waals surface area (Å²) in [6.45, 7) is 1.29. The van der Waals surface area contributed by atoms with E-state index in [-0.39, 0.29) is 18.2 Å². The normalized spacial score (nSPS) is 19.9. The van der Waals surface area contributed by atoms with Gasteiger partial charge in [0.15, 0.2) is 0 Å². The number of halogens is 1. The first-order valence-electron chi connectivity index (χ1n) is 5.52. The number of hydrogen-bond donors (Lipinski definition) is 0. The fourth-order valence-corrected chi connectivity index (χ4v) is 1.75. The van der Waals surface area contributed by atoms with Gasteiger partial charge < -0.3 is 9.47 Å². The highest BCUT2D eigenvalue weighted by atomic mass is 19.1. The molecule has 0 N–H and O–H groups in total. The molecule has 1 atom stereocenters. The van der Waals surface area contributed by atoms with Gasteiger partial charge in [-0.2, -0.15) is 0 Å². The lowest BCUT2D eigenvalue weighted by atomic mass is 9.96. The molecule has 0 aromatic heterocycles. The first kappa shape index (κ1) is 11.5. The van der Waals surface area contributed by atoms with Gasteiger partial charge in [0.25, 0.3) is 0 Å². The van der Waals surface area contributed by atoms with Gasteiger partial charge in [-0.25, -0.2) is 4.39 Å². The Morgan fingerprint density at radius 2 is 2.38 bits per heavy atom. The van der Waals surface area contributed by atoms with Gasteiger partial charge in [0.1, 0.15) is 18.2 Å². The molecule has 1 heterocycles. The Labute approximate surface area is 96.2 Å². The van der Waals surface area contributed by atoms with Gasteiger partial charge in [0, 0.05) is 12.7 Å². The Morgan fingerprint density at radius 3 is 3.00 bits per heavy atom. The molecule has 2 rings (SSSR count). The minimum Gasteiger partial charge on any atom is -0.491 e. The van der Waals surface area contributed by atoms with Crippen molar-refractivity contribution in [2.45, 2.75) is 25.3 Å². The molecular weight excluding hydrogens is 206 g/mol. The van der Waals surface area contributed by atoms with E-state index in [0.717, 1.165) is 19.4 Å². The lowest BCUT2D eigenvalue weighted by Gasteiger charge is -2.12. The summed E-state index contributed by atoms with van der Waals surface area (Å²) in [4.78, 5) is 0. The topological polar surface area (TPSA) is 18.5 Å². The van der Waals surface area contributed by atoms with E-state index in [2.05, 4.69) is 0 Å². The van der Waals surface area contributed by atoms with E-state index < -0.39 is 0 Å². The Kier molecular flexibility index (Phi) is 3.83. The minimum atomic E-state index is -0.313. The molecule has 4 heteroatoms. The lowest BCUT2D eigenvalue weighted by molar-refractivity contribution is 0.0678. The highest BCUT2D eigenvalue weighted by molar-refractivity contribution is 6.08. The van der Waals surface area contributed by atoms with Gasteiger partial charge >= 0.3 is 0 Å². The van der Waals surface area contributed by atoms with Gasteiger partial charge in [-0.15, -0.1) is 0 Å². The second kappa shape index (κ2) is 5.35.